The second-order valence-corrected chi connectivity index (χ2v) is 5.97. The predicted octanol–water partition coefficient (Wildman–Crippen LogP) is 5.68. The highest BCUT2D eigenvalue weighted by Gasteiger charge is 2.16. The molecule has 0 aliphatic heterocycles. The van der Waals surface area contributed by atoms with Crippen LogP contribution in [-0.4, -0.2) is 6.54 Å². The lowest BCUT2D eigenvalue weighted by molar-refractivity contribution is 0.549. The van der Waals surface area contributed by atoms with Gasteiger partial charge in [0, 0.05) is 21.1 Å². The molecule has 1 atom stereocenters. The van der Waals surface area contributed by atoms with Gasteiger partial charge in [-0.15, -0.1) is 0 Å². The van der Waals surface area contributed by atoms with Gasteiger partial charge in [-0.1, -0.05) is 47.8 Å². The van der Waals surface area contributed by atoms with Crippen molar-refractivity contribution < 1.29 is 4.39 Å². The van der Waals surface area contributed by atoms with Crippen molar-refractivity contribution in [3.05, 3.63) is 68.4 Å². The van der Waals surface area contributed by atoms with Crippen LogP contribution < -0.4 is 5.32 Å². The number of hydrogen-bond donors (Lipinski definition) is 1. The lowest BCUT2D eigenvalue weighted by Gasteiger charge is -2.20. The van der Waals surface area contributed by atoms with Gasteiger partial charge in [-0.05, 0) is 54.4 Å². The van der Waals surface area contributed by atoms with Crippen LogP contribution in [0, 0.1) is 5.82 Å². The Hall–Kier alpha value is -0.800. The third kappa shape index (κ3) is 4.33. The first-order valence-electron chi connectivity index (χ1n) is 6.63. The second kappa shape index (κ2) is 7.46. The van der Waals surface area contributed by atoms with E-state index in [0.717, 1.165) is 17.7 Å². The summed E-state index contributed by atoms with van der Waals surface area (Å²) in [5.74, 6) is -0.343. The van der Waals surface area contributed by atoms with Gasteiger partial charge < -0.3 is 5.32 Å². The first-order chi connectivity index (χ1) is 10.0. The summed E-state index contributed by atoms with van der Waals surface area (Å²) in [4.78, 5) is 0. The summed E-state index contributed by atoms with van der Waals surface area (Å²) in [5, 5.41) is 5.04. The lowest BCUT2D eigenvalue weighted by atomic mass is 9.98. The average Bonchev–Trinajstić information content (AvgIpc) is 2.44. The molecule has 0 spiro atoms. The van der Waals surface area contributed by atoms with Crippen molar-refractivity contribution >= 4 is 34.8 Å². The minimum absolute atomic E-state index is 0.0378. The van der Waals surface area contributed by atoms with Crippen molar-refractivity contribution in [2.75, 3.05) is 6.54 Å². The molecule has 21 heavy (non-hydrogen) atoms. The smallest absolute Gasteiger partial charge is 0.124 e. The monoisotopic (exact) mass is 345 g/mol. The number of likely N-dealkylation sites (N-methyl/N-ethyl adjacent to an activating group) is 1. The molecule has 0 aromatic heterocycles. The van der Waals surface area contributed by atoms with Crippen LogP contribution in [-0.2, 0) is 6.42 Å². The van der Waals surface area contributed by atoms with Gasteiger partial charge >= 0.3 is 0 Å². The molecule has 0 amide bonds. The molecule has 0 aliphatic rings. The molecule has 112 valence electrons. The molecule has 0 radical (unpaired) electrons. The molecule has 1 N–H and O–H groups in total. The van der Waals surface area contributed by atoms with E-state index < -0.39 is 0 Å². The number of halogens is 4. The third-order valence-electron chi connectivity index (χ3n) is 3.22. The van der Waals surface area contributed by atoms with Crippen LogP contribution in [0.25, 0.3) is 0 Å². The number of benzene rings is 2. The maximum Gasteiger partial charge on any atom is 0.124 e. The average molecular weight is 347 g/mol. The van der Waals surface area contributed by atoms with E-state index in [-0.39, 0.29) is 11.9 Å². The Bertz CT molecular complexity index is 631. The first kappa shape index (κ1) is 16.6. The summed E-state index contributed by atoms with van der Waals surface area (Å²) in [6, 6.07) is 9.75. The SMILES string of the molecule is CCNC(Cc1ccc(F)cc1Cl)c1cc(Cl)ccc1Cl. The normalized spacial score (nSPS) is 12.4. The van der Waals surface area contributed by atoms with Crippen LogP contribution in [0.2, 0.25) is 15.1 Å². The molecule has 0 saturated carbocycles. The fraction of sp³-hybridized carbons (Fsp3) is 0.250. The molecule has 1 unspecified atom stereocenters. The van der Waals surface area contributed by atoms with Gasteiger partial charge in [-0.3, -0.25) is 0 Å². The van der Waals surface area contributed by atoms with E-state index in [1.807, 2.05) is 13.0 Å². The van der Waals surface area contributed by atoms with Crippen LogP contribution >= 0.6 is 34.8 Å². The molecule has 2 aromatic rings. The highest BCUT2D eigenvalue weighted by atomic mass is 35.5. The maximum atomic E-state index is 13.1. The zero-order valence-corrected chi connectivity index (χ0v) is 13.7. The van der Waals surface area contributed by atoms with Crippen LogP contribution in [0.5, 0.6) is 0 Å². The van der Waals surface area contributed by atoms with Crippen LogP contribution in [0.3, 0.4) is 0 Å². The van der Waals surface area contributed by atoms with Gasteiger partial charge in [-0.2, -0.15) is 0 Å². The van der Waals surface area contributed by atoms with E-state index in [2.05, 4.69) is 5.32 Å². The Balaban J connectivity index is 2.32. The van der Waals surface area contributed by atoms with E-state index in [0.29, 0.717) is 21.5 Å². The van der Waals surface area contributed by atoms with Gasteiger partial charge in [0.05, 0.1) is 0 Å². The second-order valence-electron chi connectivity index (χ2n) is 4.72. The van der Waals surface area contributed by atoms with Gasteiger partial charge in [-0.25, -0.2) is 4.39 Å². The summed E-state index contributed by atoms with van der Waals surface area (Å²) < 4.78 is 13.1. The van der Waals surface area contributed by atoms with Crippen molar-refractivity contribution in [2.45, 2.75) is 19.4 Å². The van der Waals surface area contributed by atoms with E-state index in [1.54, 1.807) is 18.2 Å². The Morgan fingerprint density at radius 1 is 1.05 bits per heavy atom. The molecule has 5 heteroatoms. The summed E-state index contributed by atoms with van der Waals surface area (Å²) >= 11 is 18.4. The quantitative estimate of drug-likeness (QED) is 0.734. The highest BCUT2D eigenvalue weighted by Crippen LogP contribution is 2.30. The standard InChI is InChI=1S/C16H15Cl3FN/c1-2-21-16(13-8-11(17)4-6-14(13)18)7-10-3-5-12(20)9-15(10)19/h3-6,8-9,16,21H,2,7H2,1H3. The molecule has 0 fully saturated rings. The molecule has 0 bridgehead atoms. The Morgan fingerprint density at radius 3 is 2.48 bits per heavy atom. The third-order valence-corrected chi connectivity index (χ3v) is 4.15. The molecule has 1 nitrogen and oxygen atoms in total. The number of hydrogen-bond acceptors (Lipinski definition) is 1. The lowest BCUT2D eigenvalue weighted by Crippen LogP contribution is -2.23. The largest absolute Gasteiger partial charge is 0.310 e. The summed E-state index contributed by atoms with van der Waals surface area (Å²) in [5.41, 5.74) is 1.77. The molecule has 0 heterocycles. The van der Waals surface area contributed by atoms with Crippen LogP contribution in [0.15, 0.2) is 36.4 Å². The van der Waals surface area contributed by atoms with Crippen LogP contribution in [0.1, 0.15) is 24.1 Å². The number of nitrogens with one attached hydrogen (secondary N) is 1. The van der Waals surface area contributed by atoms with Gasteiger partial charge in [0.2, 0.25) is 0 Å². The van der Waals surface area contributed by atoms with Crippen molar-refractivity contribution in [3.8, 4) is 0 Å². The maximum absolute atomic E-state index is 13.1. The van der Waals surface area contributed by atoms with Crippen molar-refractivity contribution in [2.24, 2.45) is 0 Å². The zero-order chi connectivity index (χ0) is 15.4. The first-order valence-corrected chi connectivity index (χ1v) is 7.77. The highest BCUT2D eigenvalue weighted by molar-refractivity contribution is 6.33. The predicted molar refractivity (Wildman–Crippen MR) is 88.0 cm³/mol. The summed E-state index contributed by atoms with van der Waals surface area (Å²) in [7, 11) is 0. The van der Waals surface area contributed by atoms with Gasteiger partial charge in [0.1, 0.15) is 5.82 Å². The molecule has 2 aromatic carbocycles. The van der Waals surface area contributed by atoms with E-state index in [1.165, 1.54) is 12.1 Å². The molecular weight excluding hydrogens is 332 g/mol. The molecule has 2 rings (SSSR count). The molecule has 0 saturated heterocycles. The summed E-state index contributed by atoms with van der Waals surface area (Å²) in [6.45, 7) is 2.78. The van der Waals surface area contributed by atoms with Crippen molar-refractivity contribution in [1.29, 1.82) is 0 Å². The van der Waals surface area contributed by atoms with Gasteiger partial charge in [0.25, 0.3) is 0 Å². The van der Waals surface area contributed by atoms with Crippen molar-refractivity contribution in [3.63, 3.8) is 0 Å². The molecular formula is C16H15Cl3FN. The van der Waals surface area contributed by atoms with E-state index >= 15 is 0 Å². The topological polar surface area (TPSA) is 12.0 Å². The summed E-state index contributed by atoms with van der Waals surface area (Å²) in [6.07, 6.45) is 0.604. The Morgan fingerprint density at radius 2 is 1.81 bits per heavy atom. The minimum atomic E-state index is -0.343. The van der Waals surface area contributed by atoms with Crippen molar-refractivity contribution in [1.82, 2.24) is 5.32 Å². The number of rotatable bonds is 5. The zero-order valence-electron chi connectivity index (χ0n) is 11.5. The minimum Gasteiger partial charge on any atom is -0.310 e. The fourth-order valence-corrected chi connectivity index (χ4v) is 2.90. The van der Waals surface area contributed by atoms with Gasteiger partial charge in [0.15, 0.2) is 0 Å². The fourth-order valence-electron chi connectivity index (χ4n) is 2.23. The molecule has 0 aliphatic carbocycles. The van der Waals surface area contributed by atoms with Crippen LogP contribution in [0.4, 0.5) is 4.39 Å². The Kier molecular flexibility index (Phi) is 5.88. The van der Waals surface area contributed by atoms with E-state index in [9.17, 15) is 4.39 Å². The van der Waals surface area contributed by atoms with E-state index in [4.69, 9.17) is 34.8 Å². The Labute approximate surface area is 139 Å².